The average Bonchev–Trinajstić information content (AvgIpc) is 2.66. The van der Waals surface area contributed by atoms with Crippen molar-refractivity contribution in [3.05, 3.63) is 77.9 Å². The first-order valence-electron chi connectivity index (χ1n) is 8.36. The van der Waals surface area contributed by atoms with Crippen LogP contribution in [0.2, 0.25) is 0 Å². The Morgan fingerprint density at radius 2 is 1.58 bits per heavy atom. The highest BCUT2D eigenvalue weighted by molar-refractivity contribution is 5.97. The molecule has 3 aromatic carbocycles. The van der Waals surface area contributed by atoms with E-state index >= 15 is 0 Å². The molecule has 2 N–H and O–H groups in total. The molecule has 5 nitrogen and oxygen atoms in total. The van der Waals surface area contributed by atoms with Gasteiger partial charge in [0.25, 0.3) is 11.8 Å². The van der Waals surface area contributed by atoms with Crippen LogP contribution in [0.15, 0.2) is 66.7 Å². The summed E-state index contributed by atoms with van der Waals surface area (Å²) in [6, 6.07) is 20.7. The number of rotatable bonds is 4. The first kappa shape index (κ1) is 17.5. The van der Waals surface area contributed by atoms with Crippen LogP contribution in [-0.2, 0) is 4.79 Å². The van der Waals surface area contributed by atoms with Crippen LogP contribution >= 0.6 is 0 Å². The molecule has 0 aromatic heterocycles. The number of nitrogens with one attached hydrogen (secondary N) is 2. The van der Waals surface area contributed by atoms with Gasteiger partial charge in [0.05, 0.1) is 0 Å². The van der Waals surface area contributed by atoms with Crippen molar-refractivity contribution < 1.29 is 14.3 Å². The second-order valence-corrected chi connectivity index (χ2v) is 6.03. The van der Waals surface area contributed by atoms with E-state index in [1.165, 1.54) is 0 Å². The second-order valence-electron chi connectivity index (χ2n) is 6.03. The van der Waals surface area contributed by atoms with Gasteiger partial charge >= 0.3 is 0 Å². The summed E-state index contributed by atoms with van der Waals surface area (Å²) in [7, 11) is 0. The van der Waals surface area contributed by atoms with Crippen molar-refractivity contribution in [3.8, 4) is 5.75 Å². The van der Waals surface area contributed by atoms with Gasteiger partial charge in [0.2, 0.25) is 0 Å². The Balaban J connectivity index is 1.59. The fraction of sp³-hybridized carbons (Fsp3) is 0.143. The Morgan fingerprint density at radius 3 is 2.35 bits per heavy atom. The molecule has 132 valence electrons. The van der Waals surface area contributed by atoms with Gasteiger partial charge in [0.1, 0.15) is 5.75 Å². The molecule has 3 aromatic rings. The maximum absolute atomic E-state index is 12.2. The van der Waals surface area contributed by atoms with Gasteiger partial charge in [-0.1, -0.05) is 48.5 Å². The molecule has 26 heavy (non-hydrogen) atoms. The number of benzene rings is 3. The molecule has 2 amide bonds. The standard InChI is InChI=1S/C21H20N2O3/c1-14-7-3-6-10-19(14)21(25)23-22-20(24)15(2)26-18-12-11-16-8-4-5-9-17(16)13-18/h3-13,15H,1-2H3,(H,22,24)(H,23,25). The highest BCUT2D eigenvalue weighted by Crippen LogP contribution is 2.21. The molecular formula is C21H20N2O3. The Labute approximate surface area is 152 Å². The lowest BCUT2D eigenvalue weighted by Gasteiger charge is -2.16. The minimum Gasteiger partial charge on any atom is -0.481 e. The van der Waals surface area contributed by atoms with Gasteiger partial charge < -0.3 is 4.74 Å². The lowest BCUT2D eigenvalue weighted by Crippen LogP contribution is -2.47. The Morgan fingerprint density at radius 1 is 0.885 bits per heavy atom. The number of fused-ring (bicyclic) bond motifs is 1. The van der Waals surface area contributed by atoms with Crippen molar-refractivity contribution in [1.82, 2.24) is 10.9 Å². The fourth-order valence-electron chi connectivity index (χ4n) is 2.61. The number of hydrazine groups is 1. The number of ether oxygens (including phenoxy) is 1. The molecular weight excluding hydrogens is 328 g/mol. The molecule has 0 heterocycles. The van der Waals surface area contributed by atoms with Gasteiger partial charge in [-0.05, 0) is 48.4 Å². The van der Waals surface area contributed by atoms with Crippen LogP contribution in [0.4, 0.5) is 0 Å². The molecule has 0 spiro atoms. The molecule has 0 saturated carbocycles. The van der Waals surface area contributed by atoms with Crippen LogP contribution < -0.4 is 15.6 Å². The molecule has 0 aliphatic carbocycles. The van der Waals surface area contributed by atoms with Gasteiger partial charge in [0, 0.05) is 5.56 Å². The number of hydrogen-bond acceptors (Lipinski definition) is 3. The average molecular weight is 348 g/mol. The maximum Gasteiger partial charge on any atom is 0.279 e. The predicted molar refractivity (Wildman–Crippen MR) is 101 cm³/mol. The first-order valence-corrected chi connectivity index (χ1v) is 8.36. The summed E-state index contributed by atoms with van der Waals surface area (Å²) in [5.41, 5.74) is 6.16. The predicted octanol–water partition coefficient (Wildman–Crippen LogP) is 3.38. The normalized spacial score (nSPS) is 11.6. The molecule has 5 heteroatoms. The van der Waals surface area contributed by atoms with Crippen molar-refractivity contribution in [1.29, 1.82) is 0 Å². The molecule has 0 saturated heterocycles. The lowest BCUT2D eigenvalue weighted by atomic mass is 10.1. The zero-order chi connectivity index (χ0) is 18.5. The van der Waals surface area contributed by atoms with E-state index in [1.54, 1.807) is 19.1 Å². The number of carbonyl (C=O) groups is 2. The number of aryl methyl sites for hydroxylation is 1. The summed E-state index contributed by atoms with van der Waals surface area (Å²) < 4.78 is 5.68. The summed E-state index contributed by atoms with van der Waals surface area (Å²) in [6.07, 6.45) is -0.756. The van der Waals surface area contributed by atoms with Crippen molar-refractivity contribution in [3.63, 3.8) is 0 Å². The lowest BCUT2D eigenvalue weighted by molar-refractivity contribution is -0.128. The Kier molecular flexibility index (Phi) is 5.17. The number of carbonyl (C=O) groups excluding carboxylic acids is 2. The van der Waals surface area contributed by atoms with E-state index in [0.717, 1.165) is 16.3 Å². The number of hydrogen-bond donors (Lipinski definition) is 2. The van der Waals surface area contributed by atoms with E-state index in [4.69, 9.17) is 4.74 Å². The van der Waals surface area contributed by atoms with Crippen LogP contribution in [0.1, 0.15) is 22.8 Å². The van der Waals surface area contributed by atoms with Crippen molar-refractivity contribution in [2.24, 2.45) is 0 Å². The fourth-order valence-corrected chi connectivity index (χ4v) is 2.61. The van der Waals surface area contributed by atoms with Crippen LogP contribution in [0, 0.1) is 6.92 Å². The maximum atomic E-state index is 12.2. The SMILES string of the molecule is Cc1ccccc1C(=O)NNC(=O)C(C)Oc1ccc2ccccc2c1. The third kappa shape index (κ3) is 4.00. The van der Waals surface area contributed by atoms with Crippen LogP contribution in [0.3, 0.4) is 0 Å². The van der Waals surface area contributed by atoms with Gasteiger partial charge in [0.15, 0.2) is 6.10 Å². The van der Waals surface area contributed by atoms with Crippen molar-refractivity contribution in [2.45, 2.75) is 20.0 Å². The van der Waals surface area contributed by atoms with Crippen LogP contribution in [-0.4, -0.2) is 17.9 Å². The Hall–Kier alpha value is -3.34. The first-order chi connectivity index (χ1) is 12.5. The van der Waals surface area contributed by atoms with E-state index in [2.05, 4.69) is 10.9 Å². The van der Waals surface area contributed by atoms with E-state index < -0.39 is 12.0 Å². The quantitative estimate of drug-likeness (QED) is 0.710. The Bertz CT molecular complexity index is 953. The summed E-state index contributed by atoms with van der Waals surface area (Å²) in [6.45, 7) is 3.46. The minimum atomic E-state index is -0.756. The molecule has 0 aliphatic rings. The zero-order valence-corrected chi connectivity index (χ0v) is 14.7. The van der Waals surface area contributed by atoms with E-state index in [1.807, 2.05) is 61.5 Å². The van der Waals surface area contributed by atoms with Crippen LogP contribution in [0.25, 0.3) is 10.8 Å². The highest BCUT2D eigenvalue weighted by atomic mass is 16.5. The summed E-state index contributed by atoms with van der Waals surface area (Å²) in [5, 5.41) is 2.13. The van der Waals surface area contributed by atoms with Crippen LogP contribution in [0.5, 0.6) is 5.75 Å². The molecule has 1 atom stereocenters. The zero-order valence-electron chi connectivity index (χ0n) is 14.7. The molecule has 0 radical (unpaired) electrons. The largest absolute Gasteiger partial charge is 0.481 e. The van der Waals surface area contributed by atoms with Gasteiger partial charge in [-0.3, -0.25) is 20.4 Å². The van der Waals surface area contributed by atoms with E-state index in [-0.39, 0.29) is 5.91 Å². The molecule has 3 rings (SSSR count). The molecule has 0 fully saturated rings. The van der Waals surface area contributed by atoms with Crippen molar-refractivity contribution >= 4 is 22.6 Å². The van der Waals surface area contributed by atoms with E-state index in [0.29, 0.717) is 11.3 Å². The topological polar surface area (TPSA) is 67.4 Å². The summed E-state index contributed by atoms with van der Waals surface area (Å²) in [4.78, 5) is 24.3. The summed E-state index contributed by atoms with van der Waals surface area (Å²) in [5.74, 6) is -0.203. The highest BCUT2D eigenvalue weighted by Gasteiger charge is 2.16. The summed E-state index contributed by atoms with van der Waals surface area (Å²) >= 11 is 0. The number of amides is 2. The monoisotopic (exact) mass is 348 g/mol. The minimum absolute atomic E-state index is 0.366. The smallest absolute Gasteiger partial charge is 0.279 e. The second kappa shape index (κ2) is 7.70. The molecule has 0 aliphatic heterocycles. The van der Waals surface area contributed by atoms with E-state index in [9.17, 15) is 9.59 Å². The van der Waals surface area contributed by atoms with Crippen molar-refractivity contribution in [2.75, 3.05) is 0 Å². The molecule has 1 unspecified atom stereocenters. The van der Waals surface area contributed by atoms with Gasteiger partial charge in [-0.15, -0.1) is 0 Å². The van der Waals surface area contributed by atoms with Gasteiger partial charge in [-0.25, -0.2) is 0 Å². The third-order valence-electron chi connectivity index (χ3n) is 4.09. The van der Waals surface area contributed by atoms with Gasteiger partial charge in [-0.2, -0.15) is 0 Å². The molecule has 0 bridgehead atoms. The third-order valence-corrected chi connectivity index (χ3v) is 4.09.